The summed E-state index contributed by atoms with van der Waals surface area (Å²) in [5.74, 6) is 0.867. The van der Waals surface area contributed by atoms with E-state index in [0.29, 0.717) is 11.1 Å². The van der Waals surface area contributed by atoms with Gasteiger partial charge in [-0.3, -0.25) is 4.90 Å². The van der Waals surface area contributed by atoms with Crippen molar-refractivity contribution >= 4 is 23.2 Å². The van der Waals surface area contributed by atoms with Gasteiger partial charge in [0.1, 0.15) is 0 Å². The van der Waals surface area contributed by atoms with Crippen LogP contribution in [0.25, 0.3) is 0 Å². The van der Waals surface area contributed by atoms with Gasteiger partial charge in [0.15, 0.2) is 0 Å². The molecule has 1 aliphatic rings. The third-order valence-electron chi connectivity index (χ3n) is 4.41. The predicted molar refractivity (Wildman–Crippen MR) is 87.7 cm³/mol. The van der Waals surface area contributed by atoms with Gasteiger partial charge in [0.05, 0.1) is 0 Å². The van der Waals surface area contributed by atoms with Gasteiger partial charge < -0.3 is 5.32 Å². The van der Waals surface area contributed by atoms with Crippen LogP contribution in [0.4, 0.5) is 0 Å². The Balaban J connectivity index is 1.92. The number of halogens is 2. The molecule has 1 N–H and O–H groups in total. The summed E-state index contributed by atoms with van der Waals surface area (Å²) < 4.78 is 0. The average Bonchev–Trinajstić information content (AvgIpc) is 2.45. The summed E-state index contributed by atoms with van der Waals surface area (Å²) in [7, 11) is 2.03. The van der Waals surface area contributed by atoms with E-state index in [1.54, 1.807) is 0 Å². The summed E-state index contributed by atoms with van der Waals surface area (Å²) in [6.45, 7) is 5.69. The number of nitrogens with one attached hydrogen (secondary N) is 1. The third kappa shape index (κ3) is 4.11. The van der Waals surface area contributed by atoms with E-state index in [-0.39, 0.29) is 0 Å². The second-order valence-electron chi connectivity index (χ2n) is 5.71. The molecule has 0 bridgehead atoms. The maximum atomic E-state index is 6.32. The molecule has 0 aromatic heterocycles. The molecule has 2 rings (SSSR count). The van der Waals surface area contributed by atoms with Crippen LogP contribution in [0.5, 0.6) is 0 Å². The van der Waals surface area contributed by atoms with Gasteiger partial charge in [0.25, 0.3) is 0 Å². The van der Waals surface area contributed by atoms with Gasteiger partial charge in [-0.25, -0.2) is 0 Å². The molecule has 0 aliphatic carbocycles. The molecule has 1 heterocycles. The lowest BCUT2D eigenvalue weighted by Crippen LogP contribution is -2.36. The summed E-state index contributed by atoms with van der Waals surface area (Å²) in [5.41, 5.74) is 1.18. The Morgan fingerprint density at radius 1 is 1.30 bits per heavy atom. The Labute approximate surface area is 132 Å². The Morgan fingerprint density at radius 2 is 2.00 bits per heavy atom. The van der Waals surface area contributed by atoms with Gasteiger partial charge in [0, 0.05) is 16.1 Å². The number of benzene rings is 1. The molecular weight excluding hydrogens is 291 g/mol. The molecule has 112 valence electrons. The molecule has 1 aliphatic heterocycles. The van der Waals surface area contributed by atoms with E-state index in [9.17, 15) is 0 Å². The average molecular weight is 315 g/mol. The summed E-state index contributed by atoms with van der Waals surface area (Å²) in [6.07, 6.45) is 3.87. The van der Waals surface area contributed by atoms with Crippen molar-refractivity contribution in [3.63, 3.8) is 0 Å². The van der Waals surface area contributed by atoms with E-state index in [1.807, 2.05) is 19.2 Å². The van der Waals surface area contributed by atoms with Crippen molar-refractivity contribution in [1.82, 2.24) is 10.2 Å². The van der Waals surface area contributed by atoms with E-state index in [0.717, 1.165) is 30.6 Å². The molecule has 1 unspecified atom stereocenters. The second kappa shape index (κ2) is 7.65. The zero-order valence-corrected chi connectivity index (χ0v) is 13.8. The van der Waals surface area contributed by atoms with E-state index in [1.165, 1.54) is 24.8 Å². The fourth-order valence-electron chi connectivity index (χ4n) is 3.01. The largest absolute Gasteiger partial charge is 0.320 e. The molecule has 1 aromatic carbocycles. The minimum absolute atomic E-state index is 0.366. The van der Waals surface area contributed by atoms with Crippen LogP contribution in [0.15, 0.2) is 18.2 Å². The topological polar surface area (TPSA) is 15.3 Å². The summed E-state index contributed by atoms with van der Waals surface area (Å²) >= 11 is 12.3. The van der Waals surface area contributed by atoms with Crippen molar-refractivity contribution < 1.29 is 0 Å². The quantitative estimate of drug-likeness (QED) is 0.867. The number of rotatable bonds is 5. The standard InChI is InChI=1S/C16H24Cl2N2/c1-12(15-4-3-14(17)11-16(15)18)20-9-6-13(7-10-20)5-8-19-2/h3-4,11-13,19H,5-10H2,1-2H3. The van der Waals surface area contributed by atoms with Crippen LogP contribution in [0, 0.1) is 5.92 Å². The van der Waals surface area contributed by atoms with Crippen molar-refractivity contribution in [2.45, 2.75) is 32.2 Å². The van der Waals surface area contributed by atoms with Crippen molar-refractivity contribution in [2.24, 2.45) is 5.92 Å². The first-order valence-electron chi connectivity index (χ1n) is 7.45. The van der Waals surface area contributed by atoms with Gasteiger partial charge in [0.2, 0.25) is 0 Å². The van der Waals surface area contributed by atoms with Crippen LogP contribution < -0.4 is 5.32 Å². The number of piperidine rings is 1. The normalized spacial score (nSPS) is 19.2. The van der Waals surface area contributed by atoms with Gasteiger partial charge in [-0.2, -0.15) is 0 Å². The zero-order valence-electron chi connectivity index (χ0n) is 12.3. The molecule has 1 atom stereocenters. The number of hydrogen-bond acceptors (Lipinski definition) is 2. The van der Waals surface area contributed by atoms with Crippen molar-refractivity contribution in [3.05, 3.63) is 33.8 Å². The predicted octanol–water partition coefficient (Wildman–Crippen LogP) is 4.38. The van der Waals surface area contributed by atoms with Crippen LogP contribution in [-0.2, 0) is 0 Å². The summed E-state index contributed by atoms with van der Waals surface area (Å²) in [4.78, 5) is 2.53. The van der Waals surface area contributed by atoms with Crippen molar-refractivity contribution in [3.8, 4) is 0 Å². The molecule has 1 fully saturated rings. The minimum atomic E-state index is 0.366. The lowest BCUT2D eigenvalue weighted by atomic mass is 9.92. The van der Waals surface area contributed by atoms with Crippen molar-refractivity contribution in [1.29, 1.82) is 0 Å². The monoisotopic (exact) mass is 314 g/mol. The second-order valence-corrected chi connectivity index (χ2v) is 6.56. The number of nitrogens with zero attached hydrogens (tertiary/aromatic N) is 1. The highest BCUT2D eigenvalue weighted by molar-refractivity contribution is 6.35. The van der Waals surface area contributed by atoms with Crippen LogP contribution in [0.2, 0.25) is 10.0 Å². The third-order valence-corrected chi connectivity index (χ3v) is 4.97. The molecule has 0 amide bonds. The van der Waals surface area contributed by atoms with E-state index >= 15 is 0 Å². The molecule has 0 spiro atoms. The number of likely N-dealkylation sites (tertiary alicyclic amines) is 1. The molecule has 4 heteroatoms. The molecule has 0 saturated carbocycles. The van der Waals surface area contributed by atoms with E-state index in [4.69, 9.17) is 23.2 Å². The summed E-state index contributed by atoms with van der Waals surface area (Å²) in [5, 5.41) is 4.73. The van der Waals surface area contributed by atoms with Crippen LogP contribution >= 0.6 is 23.2 Å². The highest BCUT2D eigenvalue weighted by atomic mass is 35.5. The lowest BCUT2D eigenvalue weighted by Gasteiger charge is -2.36. The lowest BCUT2D eigenvalue weighted by molar-refractivity contribution is 0.137. The molecular formula is C16H24Cl2N2. The van der Waals surface area contributed by atoms with Gasteiger partial charge in [-0.15, -0.1) is 0 Å². The molecule has 1 aromatic rings. The Kier molecular flexibility index (Phi) is 6.16. The minimum Gasteiger partial charge on any atom is -0.320 e. The molecule has 1 saturated heterocycles. The first-order valence-corrected chi connectivity index (χ1v) is 8.21. The summed E-state index contributed by atoms with van der Waals surface area (Å²) in [6, 6.07) is 6.20. The van der Waals surface area contributed by atoms with Gasteiger partial charge >= 0.3 is 0 Å². The Morgan fingerprint density at radius 3 is 2.60 bits per heavy atom. The first kappa shape index (κ1) is 16.1. The Bertz CT molecular complexity index is 428. The first-order chi connectivity index (χ1) is 9.61. The van der Waals surface area contributed by atoms with Gasteiger partial charge in [-0.05, 0) is 76.5 Å². The molecule has 20 heavy (non-hydrogen) atoms. The fraction of sp³-hybridized carbons (Fsp3) is 0.625. The molecule has 0 radical (unpaired) electrons. The highest BCUT2D eigenvalue weighted by Crippen LogP contribution is 2.32. The van der Waals surface area contributed by atoms with Crippen molar-refractivity contribution in [2.75, 3.05) is 26.7 Å². The smallest absolute Gasteiger partial charge is 0.0468 e. The Hall–Kier alpha value is -0.280. The fourth-order valence-corrected chi connectivity index (χ4v) is 3.58. The number of hydrogen-bond donors (Lipinski definition) is 1. The SMILES string of the molecule is CNCCC1CCN(C(C)c2ccc(Cl)cc2Cl)CC1. The maximum Gasteiger partial charge on any atom is 0.0468 e. The maximum absolute atomic E-state index is 6.32. The van der Waals surface area contributed by atoms with Crippen LogP contribution in [0.3, 0.4) is 0 Å². The van der Waals surface area contributed by atoms with Gasteiger partial charge in [-0.1, -0.05) is 29.3 Å². The molecule has 2 nitrogen and oxygen atoms in total. The van der Waals surface area contributed by atoms with E-state index in [2.05, 4.69) is 23.2 Å². The zero-order chi connectivity index (χ0) is 14.5. The van der Waals surface area contributed by atoms with Crippen LogP contribution in [0.1, 0.15) is 37.8 Å². The van der Waals surface area contributed by atoms with Crippen LogP contribution in [-0.4, -0.2) is 31.6 Å². The highest BCUT2D eigenvalue weighted by Gasteiger charge is 2.24. The van der Waals surface area contributed by atoms with E-state index < -0.39 is 0 Å².